The Hall–Kier alpha value is -5.50. The number of carbonyl (C=O) groups is 4. The van der Waals surface area contributed by atoms with Crippen molar-refractivity contribution in [3.63, 3.8) is 0 Å². The molecule has 1 atom stereocenters. The number of aromatic amines is 1. The molecule has 3 N–H and O–H groups in total. The van der Waals surface area contributed by atoms with Crippen LogP contribution >= 0.6 is 0 Å². The maximum absolute atomic E-state index is 15.1. The highest BCUT2D eigenvalue weighted by Crippen LogP contribution is 2.32. The number of ketones is 1. The van der Waals surface area contributed by atoms with Crippen LogP contribution in [-0.4, -0.2) is 75.7 Å². The van der Waals surface area contributed by atoms with Crippen LogP contribution in [0.1, 0.15) is 68.8 Å². The summed E-state index contributed by atoms with van der Waals surface area (Å²) >= 11 is 0. The van der Waals surface area contributed by atoms with Gasteiger partial charge in [0.05, 0.1) is 7.11 Å². The standard InChI is InChI=1S/C39H46FN7O6/c1-39(2,3)53-38(51)41-23-24-9-11-26(12-10-24)34(48)22-30(36(49)42-31-16-13-27(14-17-31)35-43-45-46-44-35)20-25-7-6-8-28(19-25)32-21-29(15-18-33(32)40)37(50)47(4)52-5/h6-8,13-19,21,24,26,30H,9-12,20,22-23H2,1-5H3,(H,41,51)(H,42,49)(H,43,44,45,46)/t24?,26?,30-/m1/s1. The first kappa shape index (κ1) is 38.7. The first-order valence-electron chi connectivity index (χ1n) is 17.6. The monoisotopic (exact) mass is 727 g/mol. The van der Waals surface area contributed by atoms with Gasteiger partial charge in [-0.25, -0.2) is 14.2 Å². The molecule has 4 aromatic rings. The number of carbonyl (C=O) groups excluding carboxylic acids is 4. The van der Waals surface area contributed by atoms with Crippen LogP contribution in [0.4, 0.5) is 14.9 Å². The van der Waals surface area contributed by atoms with Gasteiger partial charge in [0.15, 0.2) is 0 Å². The number of Topliss-reactive ketones (excluding diaryl/α,β-unsaturated/α-hetero) is 1. The fraction of sp³-hybridized carbons (Fsp3) is 0.410. The maximum atomic E-state index is 15.1. The number of amides is 3. The van der Waals surface area contributed by atoms with Gasteiger partial charge >= 0.3 is 6.09 Å². The van der Waals surface area contributed by atoms with Gasteiger partial charge in [0, 0.05) is 54.2 Å². The van der Waals surface area contributed by atoms with E-state index < -0.39 is 29.3 Å². The second-order valence-electron chi connectivity index (χ2n) is 14.4. The van der Waals surface area contributed by atoms with E-state index in [0.29, 0.717) is 42.0 Å². The number of nitrogens with one attached hydrogen (secondary N) is 3. The minimum atomic E-state index is -0.727. The highest BCUT2D eigenvalue weighted by molar-refractivity contribution is 5.96. The van der Waals surface area contributed by atoms with Crippen molar-refractivity contribution in [2.45, 2.75) is 64.9 Å². The molecule has 3 amide bonds. The average molecular weight is 728 g/mol. The number of rotatable bonds is 13. The zero-order valence-corrected chi connectivity index (χ0v) is 30.6. The summed E-state index contributed by atoms with van der Waals surface area (Å²) in [7, 11) is 2.84. The van der Waals surface area contributed by atoms with Gasteiger partial charge in [-0.1, -0.05) is 24.3 Å². The smallest absolute Gasteiger partial charge is 0.407 e. The van der Waals surface area contributed by atoms with Gasteiger partial charge in [-0.05, 0) is 118 Å². The number of aromatic nitrogens is 4. The molecule has 0 bridgehead atoms. The first-order chi connectivity index (χ1) is 25.3. The van der Waals surface area contributed by atoms with E-state index in [2.05, 4.69) is 31.3 Å². The number of benzene rings is 3. The zero-order chi connectivity index (χ0) is 38.1. The topological polar surface area (TPSA) is 168 Å². The van der Waals surface area contributed by atoms with Crippen molar-refractivity contribution in [2.24, 2.45) is 17.8 Å². The van der Waals surface area contributed by atoms with E-state index in [1.165, 1.54) is 32.4 Å². The summed E-state index contributed by atoms with van der Waals surface area (Å²) in [6, 6.07) is 18.2. The van der Waals surface area contributed by atoms with Crippen molar-refractivity contribution in [3.8, 4) is 22.5 Å². The molecule has 0 aliphatic heterocycles. The van der Waals surface area contributed by atoms with Gasteiger partial charge < -0.3 is 15.4 Å². The van der Waals surface area contributed by atoms with Crippen LogP contribution in [0.3, 0.4) is 0 Å². The van der Waals surface area contributed by atoms with Crippen LogP contribution in [0.25, 0.3) is 22.5 Å². The summed E-state index contributed by atoms with van der Waals surface area (Å²) in [5.41, 5.74) is 2.39. The zero-order valence-electron chi connectivity index (χ0n) is 30.6. The van der Waals surface area contributed by atoms with E-state index in [4.69, 9.17) is 9.57 Å². The second-order valence-corrected chi connectivity index (χ2v) is 14.4. The maximum Gasteiger partial charge on any atom is 0.407 e. The lowest BCUT2D eigenvalue weighted by Crippen LogP contribution is -2.37. The fourth-order valence-corrected chi connectivity index (χ4v) is 6.42. The van der Waals surface area contributed by atoms with Crippen LogP contribution in [0.5, 0.6) is 0 Å². The molecule has 1 heterocycles. The summed E-state index contributed by atoms with van der Waals surface area (Å²) in [5.74, 6) is -1.55. The predicted octanol–water partition coefficient (Wildman–Crippen LogP) is 6.39. The predicted molar refractivity (Wildman–Crippen MR) is 196 cm³/mol. The molecule has 0 unspecified atom stereocenters. The Morgan fingerprint density at radius 2 is 1.72 bits per heavy atom. The van der Waals surface area contributed by atoms with E-state index in [0.717, 1.165) is 23.5 Å². The number of ether oxygens (including phenoxy) is 1. The third-order valence-electron chi connectivity index (χ3n) is 9.30. The molecule has 1 saturated carbocycles. The minimum absolute atomic E-state index is 0.00633. The van der Waals surface area contributed by atoms with Crippen LogP contribution in [0.2, 0.25) is 0 Å². The number of anilines is 1. The minimum Gasteiger partial charge on any atom is -0.444 e. The van der Waals surface area contributed by atoms with Crippen LogP contribution < -0.4 is 10.6 Å². The lowest BCUT2D eigenvalue weighted by atomic mass is 9.77. The number of hydrogen-bond acceptors (Lipinski definition) is 9. The molecular formula is C39H46FN7O6. The molecule has 5 rings (SSSR count). The summed E-state index contributed by atoms with van der Waals surface area (Å²) in [4.78, 5) is 57.5. The molecule has 14 heteroatoms. The first-order valence-corrected chi connectivity index (χ1v) is 17.6. The van der Waals surface area contributed by atoms with Gasteiger partial charge in [0.1, 0.15) is 17.2 Å². The molecule has 1 fully saturated rings. The Balaban J connectivity index is 1.30. The fourth-order valence-electron chi connectivity index (χ4n) is 6.42. The number of H-pyrrole nitrogens is 1. The van der Waals surface area contributed by atoms with Crippen LogP contribution in [0.15, 0.2) is 66.7 Å². The van der Waals surface area contributed by atoms with E-state index in [9.17, 15) is 19.2 Å². The number of hydrogen-bond donors (Lipinski definition) is 3. The van der Waals surface area contributed by atoms with E-state index in [-0.39, 0.29) is 47.5 Å². The normalized spacial score (nSPS) is 16.3. The Morgan fingerprint density at radius 3 is 2.38 bits per heavy atom. The Morgan fingerprint density at radius 1 is 0.981 bits per heavy atom. The third-order valence-corrected chi connectivity index (χ3v) is 9.30. The molecule has 1 aliphatic rings. The molecule has 53 heavy (non-hydrogen) atoms. The van der Waals surface area contributed by atoms with Crippen molar-refractivity contribution >= 4 is 29.4 Å². The second kappa shape index (κ2) is 17.3. The summed E-state index contributed by atoms with van der Waals surface area (Å²) in [6.45, 7) is 5.91. The van der Waals surface area contributed by atoms with Crippen molar-refractivity contribution in [2.75, 3.05) is 26.0 Å². The highest BCUT2D eigenvalue weighted by atomic mass is 19.1. The van der Waals surface area contributed by atoms with Gasteiger partial charge in [0.2, 0.25) is 11.7 Å². The molecule has 0 saturated heterocycles. The van der Waals surface area contributed by atoms with Gasteiger partial charge in [0.25, 0.3) is 5.91 Å². The summed E-state index contributed by atoms with van der Waals surface area (Å²) < 4.78 is 20.5. The summed E-state index contributed by atoms with van der Waals surface area (Å²) in [6.07, 6.45) is 2.64. The van der Waals surface area contributed by atoms with Gasteiger partial charge in [-0.2, -0.15) is 5.21 Å². The van der Waals surface area contributed by atoms with Crippen molar-refractivity contribution in [3.05, 3.63) is 83.7 Å². The highest BCUT2D eigenvalue weighted by Gasteiger charge is 2.31. The number of tetrazole rings is 1. The molecule has 1 aromatic heterocycles. The van der Waals surface area contributed by atoms with E-state index in [1.807, 2.05) is 26.8 Å². The molecule has 0 spiro atoms. The van der Waals surface area contributed by atoms with Crippen molar-refractivity contribution < 1.29 is 33.1 Å². The summed E-state index contributed by atoms with van der Waals surface area (Å²) in [5, 5.41) is 20.8. The van der Waals surface area contributed by atoms with Crippen LogP contribution in [0, 0.1) is 23.6 Å². The van der Waals surface area contributed by atoms with Gasteiger partial charge in [-0.3, -0.25) is 19.2 Å². The molecule has 3 aromatic carbocycles. The Bertz CT molecular complexity index is 1890. The number of hydroxylamine groups is 2. The average Bonchev–Trinajstić information content (AvgIpc) is 3.68. The Labute approximate surface area is 308 Å². The Kier molecular flexibility index (Phi) is 12.7. The number of halogens is 1. The van der Waals surface area contributed by atoms with E-state index >= 15 is 4.39 Å². The molecule has 13 nitrogen and oxygen atoms in total. The number of alkyl carbamates (subject to hydrolysis) is 1. The van der Waals surface area contributed by atoms with Crippen molar-refractivity contribution in [1.29, 1.82) is 0 Å². The van der Waals surface area contributed by atoms with E-state index in [1.54, 1.807) is 42.5 Å². The third kappa shape index (κ3) is 10.8. The quantitative estimate of drug-likeness (QED) is 0.132. The SMILES string of the molecule is CON(C)C(=O)c1ccc(F)c(-c2cccc(C[C@H](CC(=O)C3CCC(CNC(=O)OC(C)(C)C)CC3)C(=O)Nc3ccc(-c4nn[nH]n4)cc3)c2)c1. The molecular weight excluding hydrogens is 681 g/mol. The lowest BCUT2D eigenvalue weighted by molar-refractivity contribution is -0.129. The molecule has 280 valence electrons. The molecule has 1 aliphatic carbocycles. The molecule has 0 radical (unpaired) electrons. The lowest BCUT2D eigenvalue weighted by Gasteiger charge is -2.29. The number of nitrogens with zero attached hydrogens (tertiary/aromatic N) is 4. The largest absolute Gasteiger partial charge is 0.444 e. The van der Waals surface area contributed by atoms with Gasteiger partial charge in [-0.15, -0.1) is 10.2 Å². The van der Waals surface area contributed by atoms with Crippen LogP contribution in [-0.2, 0) is 25.6 Å². The van der Waals surface area contributed by atoms with Crippen molar-refractivity contribution in [1.82, 2.24) is 31.0 Å².